The molecule has 0 aromatic carbocycles. The summed E-state index contributed by atoms with van der Waals surface area (Å²) in [6.45, 7) is 20.7. The van der Waals surface area contributed by atoms with E-state index in [0.717, 1.165) is 50.2 Å². The second-order valence-electron chi connectivity index (χ2n) is 10.4. The Hall–Kier alpha value is -0.120. The fourth-order valence-electron chi connectivity index (χ4n) is 4.77. The molecule has 1 heterocycles. The zero-order valence-electron chi connectivity index (χ0n) is 18.6. The summed E-state index contributed by atoms with van der Waals surface area (Å²) in [5.74, 6) is 2.00. The first kappa shape index (κ1) is 22.2. The van der Waals surface area contributed by atoms with Gasteiger partial charge in [-0.25, -0.2) is 0 Å². The average molecular weight is 368 g/mol. The van der Waals surface area contributed by atoms with Crippen LogP contribution in [0.25, 0.3) is 0 Å². The topological polar surface area (TPSA) is 21.7 Å². The van der Waals surface area contributed by atoms with Gasteiger partial charge in [0.1, 0.15) is 0 Å². The van der Waals surface area contributed by atoms with Crippen LogP contribution in [0.5, 0.6) is 0 Å². The molecule has 0 bridgehead atoms. The van der Waals surface area contributed by atoms with E-state index in [1.54, 1.807) is 0 Å². The van der Waals surface area contributed by atoms with Crippen LogP contribution in [0.3, 0.4) is 0 Å². The second-order valence-corrected chi connectivity index (χ2v) is 10.4. The first-order valence-corrected chi connectivity index (χ1v) is 11.2. The van der Waals surface area contributed by atoms with Crippen LogP contribution in [0.2, 0.25) is 0 Å². The fourth-order valence-corrected chi connectivity index (χ4v) is 4.77. The summed E-state index contributed by atoms with van der Waals surface area (Å²) in [5, 5.41) is 0. The molecule has 26 heavy (non-hydrogen) atoms. The Labute approximate surface area is 163 Å². The van der Waals surface area contributed by atoms with Crippen molar-refractivity contribution in [2.75, 3.05) is 26.2 Å². The quantitative estimate of drug-likeness (QED) is 0.519. The monoisotopic (exact) mass is 367 g/mol. The van der Waals surface area contributed by atoms with Gasteiger partial charge in [-0.15, -0.1) is 0 Å². The van der Waals surface area contributed by atoms with Crippen LogP contribution < -0.4 is 0 Å². The van der Waals surface area contributed by atoms with Crippen LogP contribution in [0, 0.1) is 23.2 Å². The van der Waals surface area contributed by atoms with E-state index in [1.807, 2.05) is 0 Å². The number of rotatable bonds is 9. The Morgan fingerprint density at radius 1 is 1.04 bits per heavy atom. The molecule has 0 radical (unpaired) electrons. The Morgan fingerprint density at radius 3 is 2.12 bits per heavy atom. The van der Waals surface area contributed by atoms with Crippen molar-refractivity contribution >= 4 is 0 Å². The predicted octanol–water partition coefficient (Wildman–Crippen LogP) is 5.73. The molecule has 2 aliphatic rings. The zero-order chi connectivity index (χ0) is 19.4. The van der Waals surface area contributed by atoms with Crippen molar-refractivity contribution in [1.29, 1.82) is 0 Å². The van der Waals surface area contributed by atoms with Gasteiger partial charge in [0.05, 0.1) is 12.7 Å². The lowest BCUT2D eigenvalue weighted by molar-refractivity contribution is -0.197. The van der Waals surface area contributed by atoms with Crippen molar-refractivity contribution in [2.24, 2.45) is 23.2 Å². The molecule has 1 spiro atoms. The highest BCUT2D eigenvalue weighted by molar-refractivity contribution is 4.89. The second kappa shape index (κ2) is 9.39. The summed E-state index contributed by atoms with van der Waals surface area (Å²) in [6.07, 6.45) is 7.31. The van der Waals surface area contributed by atoms with Gasteiger partial charge in [0.2, 0.25) is 0 Å². The van der Waals surface area contributed by atoms with Gasteiger partial charge in [-0.2, -0.15) is 0 Å². The highest BCUT2D eigenvalue weighted by Crippen LogP contribution is 2.47. The highest BCUT2D eigenvalue weighted by Gasteiger charge is 2.46. The molecule has 2 rings (SSSR count). The predicted molar refractivity (Wildman–Crippen MR) is 110 cm³/mol. The van der Waals surface area contributed by atoms with Crippen LogP contribution >= 0.6 is 0 Å². The summed E-state index contributed by atoms with van der Waals surface area (Å²) in [6, 6.07) is 0. The summed E-state index contributed by atoms with van der Waals surface area (Å²) in [4.78, 5) is 2.62. The molecule has 0 aromatic rings. The maximum Gasteiger partial charge on any atom is 0.168 e. The zero-order valence-corrected chi connectivity index (χ0v) is 18.6. The minimum atomic E-state index is -0.258. The van der Waals surface area contributed by atoms with Gasteiger partial charge >= 0.3 is 0 Å². The maximum atomic E-state index is 6.50. The van der Waals surface area contributed by atoms with Gasteiger partial charge in [-0.05, 0) is 42.4 Å². The fraction of sp³-hybridized carbons (Fsp3) is 1.00. The lowest BCUT2D eigenvalue weighted by atomic mass is 9.68. The van der Waals surface area contributed by atoms with Crippen molar-refractivity contribution in [3.8, 4) is 0 Å². The van der Waals surface area contributed by atoms with Gasteiger partial charge in [-0.1, -0.05) is 54.9 Å². The Balaban J connectivity index is 1.79. The van der Waals surface area contributed by atoms with Gasteiger partial charge in [0, 0.05) is 32.5 Å². The normalized spacial score (nSPS) is 30.2. The first-order chi connectivity index (χ1) is 12.2. The molecule has 1 aliphatic carbocycles. The molecule has 1 unspecified atom stereocenters. The summed E-state index contributed by atoms with van der Waals surface area (Å²) >= 11 is 0. The van der Waals surface area contributed by atoms with Crippen molar-refractivity contribution in [3.05, 3.63) is 0 Å². The molecular weight excluding hydrogens is 322 g/mol. The van der Waals surface area contributed by atoms with Crippen LogP contribution in [0.15, 0.2) is 0 Å². The number of hydrogen-bond donors (Lipinski definition) is 0. The molecular formula is C23H45NO2. The van der Waals surface area contributed by atoms with E-state index in [9.17, 15) is 0 Å². The first-order valence-electron chi connectivity index (χ1n) is 11.2. The third-order valence-corrected chi connectivity index (χ3v) is 6.69. The van der Waals surface area contributed by atoms with Gasteiger partial charge in [0.25, 0.3) is 0 Å². The van der Waals surface area contributed by atoms with Crippen molar-refractivity contribution < 1.29 is 9.47 Å². The van der Waals surface area contributed by atoms with E-state index < -0.39 is 0 Å². The third-order valence-electron chi connectivity index (χ3n) is 6.69. The van der Waals surface area contributed by atoms with Crippen molar-refractivity contribution in [1.82, 2.24) is 4.90 Å². The smallest absolute Gasteiger partial charge is 0.168 e. The molecule has 3 nitrogen and oxygen atoms in total. The Kier molecular flexibility index (Phi) is 8.00. The van der Waals surface area contributed by atoms with Crippen LogP contribution in [-0.2, 0) is 9.47 Å². The van der Waals surface area contributed by atoms with Gasteiger partial charge in [-0.3, -0.25) is 0 Å². The standard InChI is InChI=1S/C23H45NO2/c1-8-22(6,7)20-9-12-23(13-10-20)25-17-21(26-23)11-14-24(15-18(2)3)16-19(4)5/h18-21H,8-17H2,1-7H3. The SMILES string of the molecule is CCC(C)(C)C1CCC2(CC1)OCC(CCN(CC(C)C)CC(C)C)O2. The highest BCUT2D eigenvalue weighted by atomic mass is 16.7. The van der Waals surface area contributed by atoms with E-state index >= 15 is 0 Å². The number of nitrogens with zero attached hydrogens (tertiary/aromatic N) is 1. The van der Waals surface area contributed by atoms with Crippen molar-refractivity contribution in [2.45, 2.75) is 98.9 Å². The molecule has 1 saturated carbocycles. The lowest BCUT2D eigenvalue weighted by Crippen LogP contribution is -2.39. The van der Waals surface area contributed by atoms with Gasteiger partial charge in [0.15, 0.2) is 5.79 Å². The van der Waals surface area contributed by atoms with E-state index in [1.165, 1.54) is 32.4 Å². The average Bonchev–Trinajstić information content (AvgIpc) is 2.95. The molecule has 1 saturated heterocycles. The van der Waals surface area contributed by atoms with Crippen LogP contribution in [-0.4, -0.2) is 43.0 Å². The lowest BCUT2D eigenvalue weighted by Gasteiger charge is -2.42. The van der Waals surface area contributed by atoms with Gasteiger partial charge < -0.3 is 14.4 Å². The van der Waals surface area contributed by atoms with E-state index in [-0.39, 0.29) is 11.9 Å². The molecule has 1 aliphatic heterocycles. The van der Waals surface area contributed by atoms with Crippen LogP contribution in [0.4, 0.5) is 0 Å². The van der Waals surface area contributed by atoms with Crippen molar-refractivity contribution in [3.63, 3.8) is 0 Å². The van der Waals surface area contributed by atoms with E-state index in [2.05, 4.69) is 53.4 Å². The third kappa shape index (κ3) is 6.21. The molecule has 0 N–H and O–H groups in total. The minimum Gasteiger partial charge on any atom is -0.347 e. The van der Waals surface area contributed by atoms with E-state index in [0.29, 0.717) is 5.41 Å². The Morgan fingerprint density at radius 2 is 1.62 bits per heavy atom. The molecule has 0 aromatic heterocycles. The molecule has 2 fully saturated rings. The summed E-state index contributed by atoms with van der Waals surface area (Å²) in [7, 11) is 0. The Bertz CT molecular complexity index is 400. The molecule has 1 atom stereocenters. The largest absolute Gasteiger partial charge is 0.347 e. The summed E-state index contributed by atoms with van der Waals surface area (Å²) in [5.41, 5.74) is 0.452. The molecule has 0 amide bonds. The summed E-state index contributed by atoms with van der Waals surface area (Å²) < 4.78 is 12.7. The number of ether oxygens (including phenoxy) is 2. The maximum absolute atomic E-state index is 6.50. The number of hydrogen-bond acceptors (Lipinski definition) is 3. The van der Waals surface area contributed by atoms with Crippen LogP contribution in [0.1, 0.15) is 87.0 Å². The van der Waals surface area contributed by atoms with E-state index in [4.69, 9.17) is 9.47 Å². The molecule has 3 heteroatoms. The minimum absolute atomic E-state index is 0.258. The molecule has 154 valence electrons.